The average Bonchev–Trinajstić information content (AvgIpc) is 2.73. The molecule has 0 amide bonds. The molecule has 4 aromatic carbocycles. The Labute approximate surface area is 176 Å². The summed E-state index contributed by atoms with van der Waals surface area (Å²) in [7, 11) is 0. The van der Waals surface area contributed by atoms with Gasteiger partial charge >= 0.3 is 21.2 Å². The van der Waals surface area contributed by atoms with E-state index in [1.807, 2.05) is 66.7 Å². The van der Waals surface area contributed by atoms with Crippen molar-refractivity contribution in [3.63, 3.8) is 0 Å². The number of hydrogen-bond acceptors (Lipinski definition) is 2. The van der Waals surface area contributed by atoms with E-state index in [0.717, 1.165) is 23.0 Å². The van der Waals surface area contributed by atoms with E-state index in [9.17, 15) is 0 Å². The lowest BCUT2D eigenvalue weighted by Crippen LogP contribution is -3.61. The molecule has 0 bridgehead atoms. The number of rotatable bonds is 6. The van der Waals surface area contributed by atoms with Crippen molar-refractivity contribution >= 4 is 0 Å². The average molecular weight is 479 g/mol. The van der Waals surface area contributed by atoms with E-state index in [-0.39, 0.29) is 21.2 Å². The van der Waals surface area contributed by atoms with Crippen molar-refractivity contribution in [3.05, 3.63) is 116 Å². The van der Waals surface area contributed by atoms with Crippen molar-refractivity contribution < 1.29 is 30.7 Å². The third-order valence-electron chi connectivity index (χ3n) is 4.08. The van der Waals surface area contributed by atoms with Crippen molar-refractivity contribution in [1.29, 1.82) is 0 Å². The van der Waals surface area contributed by atoms with Crippen LogP contribution in [0, 0.1) is 14.1 Å². The second-order valence-corrected chi connectivity index (χ2v) is 9.36. The zero-order chi connectivity index (χ0) is 19.2. The van der Waals surface area contributed by atoms with Gasteiger partial charge in [0.15, 0.2) is 7.14 Å². The van der Waals surface area contributed by atoms with Crippen molar-refractivity contribution in [1.82, 2.24) is 0 Å². The standard InChI is InChI=1S/C25H20IO2/c1-19-7-13-23(14-8-19)28-25-17-11-21(12-18-25)26-20-9-15-24(16-10-20)27-22-5-3-2-4-6-22/h2-18H,1H3/q+1. The van der Waals surface area contributed by atoms with Gasteiger partial charge in [-0.15, -0.1) is 0 Å². The summed E-state index contributed by atoms with van der Waals surface area (Å²) < 4.78 is 14.5. The SMILES string of the molecule is Cc1ccc(Oc2ccc([I+]c3ccc(Oc4ccccc4)cc3)cc2)cc1. The maximum absolute atomic E-state index is 5.91. The second kappa shape index (κ2) is 8.93. The fraction of sp³-hybridized carbons (Fsp3) is 0.0400. The quantitative estimate of drug-likeness (QED) is 0.393. The molecule has 4 rings (SSSR count). The lowest BCUT2D eigenvalue weighted by molar-refractivity contribution is -0.597. The lowest BCUT2D eigenvalue weighted by atomic mass is 10.2. The molecule has 0 radical (unpaired) electrons. The van der Waals surface area contributed by atoms with E-state index < -0.39 is 0 Å². The molecule has 0 N–H and O–H groups in total. The van der Waals surface area contributed by atoms with E-state index in [4.69, 9.17) is 9.47 Å². The van der Waals surface area contributed by atoms with E-state index in [0.29, 0.717) is 0 Å². The minimum atomic E-state index is -0.233. The van der Waals surface area contributed by atoms with E-state index in [1.54, 1.807) is 0 Å². The molecule has 0 aliphatic carbocycles. The molecule has 0 saturated carbocycles. The van der Waals surface area contributed by atoms with Gasteiger partial charge in [0, 0.05) is 0 Å². The third-order valence-corrected chi connectivity index (χ3v) is 6.77. The van der Waals surface area contributed by atoms with Gasteiger partial charge in [-0.1, -0.05) is 35.9 Å². The minimum Gasteiger partial charge on any atom is -0.457 e. The fourth-order valence-electron chi connectivity index (χ4n) is 2.62. The molecule has 0 spiro atoms. The number of benzene rings is 4. The number of aryl methyl sites for hydroxylation is 1. The van der Waals surface area contributed by atoms with Crippen LogP contribution in [0.2, 0.25) is 0 Å². The Morgan fingerprint density at radius 2 is 0.857 bits per heavy atom. The number of hydrogen-bond donors (Lipinski definition) is 0. The van der Waals surface area contributed by atoms with Crippen LogP contribution in [0.25, 0.3) is 0 Å². The maximum Gasteiger partial charge on any atom is 0.357 e. The molecule has 0 atom stereocenters. The number of para-hydroxylation sites is 1. The summed E-state index contributed by atoms with van der Waals surface area (Å²) in [6.07, 6.45) is 0. The van der Waals surface area contributed by atoms with Crippen molar-refractivity contribution in [2.24, 2.45) is 0 Å². The Bertz CT molecular complexity index is 1010. The van der Waals surface area contributed by atoms with Crippen LogP contribution in [0.5, 0.6) is 23.0 Å². The molecule has 0 saturated heterocycles. The first-order valence-electron chi connectivity index (χ1n) is 9.07. The summed E-state index contributed by atoms with van der Waals surface area (Å²) in [5.41, 5.74) is 1.23. The van der Waals surface area contributed by atoms with Gasteiger partial charge in [-0.3, -0.25) is 0 Å². The number of halogens is 1. The zero-order valence-corrected chi connectivity index (χ0v) is 17.7. The molecule has 0 heterocycles. The van der Waals surface area contributed by atoms with Crippen LogP contribution < -0.4 is 30.7 Å². The first kappa shape index (κ1) is 18.6. The molecule has 0 aliphatic rings. The van der Waals surface area contributed by atoms with Crippen LogP contribution in [0.15, 0.2) is 103 Å². The van der Waals surface area contributed by atoms with Crippen LogP contribution in [0.1, 0.15) is 5.56 Å². The Morgan fingerprint density at radius 3 is 1.32 bits per heavy atom. The fourth-order valence-corrected chi connectivity index (χ4v) is 4.78. The highest BCUT2D eigenvalue weighted by Crippen LogP contribution is 2.21. The van der Waals surface area contributed by atoms with Gasteiger partial charge in [-0.25, -0.2) is 0 Å². The Balaban J connectivity index is 1.36. The van der Waals surface area contributed by atoms with Gasteiger partial charge in [0.25, 0.3) is 0 Å². The molecule has 0 aromatic heterocycles. The zero-order valence-electron chi connectivity index (χ0n) is 15.5. The van der Waals surface area contributed by atoms with Gasteiger partial charge in [-0.2, -0.15) is 0 Å². The summed E-state index contributed by atoms with van der Waals surface area (Å²) in [4.78, 5) is 0. The van der Waals surface area contributed by atoms with E-state index in [1.165, 1.54) is 12.7 Å². The van der Waals surface area contributed by atoms with Crippen molar-refractivity contribution in [2.75, 3.05) is 0 Å². The molecule has 4 aromatic rings. The Kier molecular flexibility index (Phi) is 5.92. The number of ether oxygens (including phenoxy) is 2. The molecular weight excluding hydrogens is 459 g/mol. The van der Waals surface area contributed by atoms with Crippen LogP contribution in [-0.2, 0) is 0 Å². The smallest absolute Gasteiger partial charge is 0.357 e. The predicted octanol–water partition coefficient (Wildman–Crippen LogP) is 3.71. The summed E-state index contributed by atoms with van der Waals surface area (Å²) in [6, 6.07) is 34.7. The van der Waals surface area contributed by atoms with E-state index >= 15 is 0 Å². The van der Waals surface area contributed by atoms with Crippen LogP contribution in [0.4, 0.5) is 0 Å². The third kappa shape index (κ3) is 5.14. The Hall–Kier alpha value is -2.79. The normalized spacial score (nSPS) is 10.5. The maximum atomic E-state index is 5.91. The molecular formula is C25H20IO2+. The van der Waals surface area contributed by atoms with Gasteiger partial charge in [0.2, 0.25) is 0 Å². The molecule has 0 fully saturated rings. The van der Waals surface area contributed by atoms with Gasteiger partial charge in [0.05, 0.1) is 0 Å². The minimum absolute atomic E-state index is 0.233. The van der Waals surface area contributed by atoms with E-state index in [2.05, 4.69) is 43.3 Å². The van der Waals surface area contributed by atoms with Crippen molar-refractivity contribution in [3.8, 4) is 23.0 Å². The highest BCUT2D eigenvalue weighted by molar-refractivity contribution is 5.33. The first-order chi connectivity index (χ1) is 13.7. The summed E-state index contributed by atoms with van der Waals surface area (Å²) in [6.45, 7) is 2.07. The van der Waals surface area contributed by atoms with Gasteiger partial charge in [-0.05, 0) is 79.7 Å². The Morgan fingerprint density at radius 1 is 0.464 bits per heavy atom. The van der Waals surface area contributed by atoms with Crippen LogP contribution in [-0.4, -0.2) is 0 Å². The molecule has 28 heavy (non-hydrogen) atoms. The monoisotopic (exact) mass is 479 g/mol. The van der Waals surface area contributed by atoms with Crippen LogP contribution in [0.3, 0.4) is 0 Å². The highest BCUT2D eigenvalue weighted by Gasteiger charge is 2.15. The summed E-state index contributed by atoms with van der Waals surface area (Å²) in [5.74, 6) is 3.44. The molecule has 0 aliphatic heterocycles. The summed E-state index contributed by atoms with van der Waals surface area (Å²) >= 11 is -0.233. The topological polar surface area (TPSA) is 18.5 Å². The molecule has 138 valence electrons. The molecule has 2 nitrogen and oxygen atoms in total. The van der Waals surface area contributed by atoms with Gasteiger partial charge < -0.3 is 9.47 Å². The molecule has 3 heteroatoms. The van der Waals surface area contributed by atoms with Gasteiger partial charge in [0.1, 0.15) is 23.0 Å². The largest absolute Gasteiger partial charge is 0.457 e. The van der Waals surface area contributed by atoms with Crippen LogP contribution >= 0.6 is 0 Å². The van der Waals surface area contributed by atoms with Crippen molar-refractivity contribution in [2.45, 2.75) is 6.92 Å². The lowest BCUT2D eigenvalue weighted by Gasteiger charge is -2.05. The first-order valence-corrected chi connectivity index (χ1v) is 11.2. The predicted molar refractivity (Wildman–Crippen MR) is 108 cm³/mol. The highest BCUT2D eigenvalue weighted by atomic mass is 127. The summed E-state index contributed by atoms with van der Waals surface area (Å²) in [5, 5.41) is 0. The second-order valence-electron chi connectivity index (χ2n) is 6.33. The molecule has 0 unspecified atom stereocenters.